The molecule has 0 heterocycles. The van der Waals surface area contributed by atoms with Crippen molar-refractivity contribution < 1.29 is 18.7 Å². The normalized spacial score (nSPS) is 11.8. The summed E-state index contributed by atoms with van der Waals surface area (Å²) in [6.07, 6.45) is 0. The molecule has 106 valence electrons. The number of anilines is 1. The Bertz CT molecular complexity index is 426. The quantitative estimate of drug-likeness (QED) is 0.735. The lowest BCUT2D eigenvalue weighted by molar-refractivity contribution is -0.121. The van der Waals surface area contributed by atoms with Crippen molar-refractivity contribution in [3.63, 3.8) is 0 Å². The molecule has 0 saturated heterocycles. The van der Waals surface area contributed by atoms with Crippen LogP contribution in [0.15, 0.2) is 18.2 Å². The zero-order valence-corrected chi connectivity index (χ0v) is 11.3. The van der Waals surface area contributed by atoms with Crippen LogP contribution in [0, 0.1) is 5.82 Å². The molecule has 0 spiro atoms. The van der Waals surface area contributed by atoms with Crippen molar-refractivity contribution in [1.29, 1.82) is 0 Å². The number of amides is 1. The zero-order valence-electron chi connectivity index (χ0n) is 11.3. The van der Waals surface area contributed by atoms with Crippen LogP contribution in [-0.2, 0) is 9.53 Å². The molecule has 1 amide bonds. The first-order valence-electron chi connectivity index (χ1n) is 5.95. The number of hydrogen-bond acceptors (Lipinski definition) is 4. The summed E-state index contributed by atoms with van der Waals surface area (Å²) in [6.45, 7) is 2.60. The van der Waals surface area contributed by atoms with Gasteiger partial charge in [0.2, 0.25) is 5.91 Å². The maximum atomic E-state index is 13.5. The van der Waals surface area contributed by atoms with Crippen molar-refractivity contribution >= 4 is 11.6 Å². The molecule has 0 radical (unpaired) electrons. The predicted octanol–water partition coefficient (Wildman–Crippen LogP) is 1.40. The van der Waals surface area contributed by atoms with Crippen LogP contribution in [0.5, 0.6) is 5.75 Å². The summed E-state index contributed by atoms with van der Waals surface area (Å²) < 4.78 is 23.1. The second kappa shape index (κ2) is 7.58. The minimum atomic E-state index is -0.473. The molecule has 6 heteroatoms. The fraction of sp³-hybridized carbons (Fsp3) is 0.462. The minimum absolute atomic E-state index is 0.169. The summed E-state index contributed by atoms with van der Waals surface area (Å²) in [5, 5.41) is 5.61. The molecule has 1 atom stereocenters. The van der Waals surface area contributed by atoms with Crippen molar-refractivity contribution in [2.24, 2.45) is 0 Å². The highest BCUT2D eigenvalue weighted by molar-refractivity contribution is 5.84. The fourth-order valence-corrected chi connectivity index (χ4v) is 1.50. The summed E-state index contributed by atoms with van der Waals surface area (Å²) in [5.74, 6) is -0.476. The van der Waals surface area contributed by atoms with Gasteiger partial charge >= 0.3 is 0 Å². The van der Waals surface area contributed by atoms with Crippen molar-refractivity contribution in [3.05, 3.63) is 24.0 Å². The maximum absolute atomic E-state index is 13.5. The summed E-state index contributed by atoms with van der Waals surface area (Å²) in [4.78, 5) is 11.7. The summed E-state index contributed by atoms with van der Waals surface area (Å²) in [6, 6.07) is 3.98. The number of rotatable bonds is 7. The van der Waals surface area contributed by atoms with Gasteiger partial charge in [-0.15, -0.1) is 0 Å². The Hall–Kier alpha value is -1.82. The molecule has 0 aliphatic heterocycles. The van der Waals surface area contributed by atoms with Gasteiger partial charge in [-0.25, -0.2) is 4.39 Å². The van der Waals surface area contributed by atoms with Crippen LogP contribution in [0.1, 0.15) is 6.92 Å². The highest BCUT2D eigenvalue weighted by Crippen LogP contribution is 2.20. The largest absolute Gasteiger partial charge is 0.494 e. The van der Waals surface area contributed by atoms with E-state index in [2.05, 4.69) is 10.6 Å². The molecule has 0 aliphatic carbocycles. The predicted molar refractivity (Wildman–Crippen MR) is 70.9 cm³/mol. The second-order valence-electron chi connectivity index (χ2n) is 4.00. The molecule has 1 aromatic rings. The molecule has 1 unspecified atom stereocenters. The Kier molecular flexibility index (Phi) is 6.08. The molecule has 1 aromatic carbocycles. The van der Waals surface area contributed by atoms with Crippen LogP contribution in [0.25, 0.3) is 0 Å². The van der Waals surface area contributed by atoms with Crippen LogP contribution in [0.3, 0.4) is 0 Å². The number of methoxy groups -OCH3 is 2. The van der Waals surface area contributed by atoms with Gasteiger partial charge in [0.1, 0.15) is 6.04 Å². The summed E-state index contributed by atoms with van der Waals surface area (Å²) >= 11 is 0. The highest BCUT2D eigenvalue weighted by atomic mass is 19.1. The van der Waals surface area contributed by atoms with Gasteiger partial charge in [0, 0.05) is 25.4 Å². The number of halogens is 1. The van der Waals surface area contributed by atoms with Gasteiger partial charge in [0.25, 0.3) is 0 Å². The van der Waals surface area contributed by atoms with Crippen LogP contribution in [0.4, 0.5) is 10.1 Å². The van der Waals surface area contributed by atoms with E-state index in [0.717, 1.165) is 0 Å². The number of benzene rings is 1. The van der Waals surface area contributed by atoms with E-state index in [1.807, 2.05) is 0 Å². The first-order chi connectivity index (χ1) is 9.08. The SMILES string of the molecule is COCCNC(=O)C(C)Nc1ccc(OC)c(F)c1. The van der Waals surface area contributed by atoms with E-state index >= 15 is 0 Å². The molecular weight excluding hydrogens is 251 g/mol. The van der Waals surface area contributed by atoms with Crippen molar-refractivity contribution in [2.45, 2.75) is 13.0 Å². The Morgan fingerprint density at radius 1 is 1.42 bits per heavy atom. The van der Waals surface area contributed by atoms with E-state index in [0.29, 0.717) is 18.8 Å². The smallest absolute Gasteiger partial charge is 0.242 e. The maximum Gasteiger partial charge on any atom is 0.242 e. The summed E-state index contributed by atoms with van der Waals surface area (Å²) in [5.41, 5.74) is 0.521. The molecule has 0 aromatic heterocycles. The number of ether oxygens (including phenoxy) is 2. The molecule has 0 fully saturated rings. The van der Waals surface area contributed by atoms with Crippen LogP contribution in [-0.4, -0.2) is 39.3 Å². The minimum Gasteiger partial charge on any atom is -0.494 e. The second-order valence-corrected chi connectivity index (χ2v) is 4.00. The molecule has 0 saturated carbocycles. The highest BCUT2D eigenvalue weighted by Gasteiger charge is 2.12. The van der Waals surface area contributed by atoms with Gasteiger partial charge in [-0.2, -0.15) is 0 Å². The first kappa shape index (κ1) is 15.2. The molecular formula is C13H19FN2O3. The molecule has 0 bridgehead atoms. The molecule has 0 aliphatic rings. The molecule has 2 N–H and O–H groups in total. The lowest BCUT2D eigenvalue weighted by Gasteiger charge is -2.15. The van der Waals surface area contributed by atoms with Gasteiger partial charge in [0.05, 0.1) is 13.7 Å². The van der Waals surface area contributed by atoms with Gasteiger partial charge in [-0.05, 0) is 19.1 Å². The van der Waals surface area contributed by atoms with Gasteiger partial charge in [0.15, 0.2) is 11.6 Å². The molecule has 19 heavy (non-hydrogen) atoms. The molecule has 1 rings (SSSR count). The third-order valence-electron chi connectivity index (χ3n) is 2.53. The van der Waals surface area contributed by atoms with Gasteiger partial charge in [-0.3, -0.25) is 4.79 Å². The van der Waals surface area contributed by atoms with Crippen molar-refractivity contribution in [1.82, 2.24) is 5.32 Å². The van der Waals surface area contributed by atoms with Gasteiger partial charge in [-0.1, -0.05) is 0 Å². The summed E-state index contributed by atoms with van der Waals surface area (Å²) in [7, 11) is 2.96. The Morgan fingerprint density at radius 3 is 2.74 bits per heavy atom. The van der Waals surface area contributed by atoms with E-state index in [-0.39, 0.29) is 11.7 Å². The monoisotopic (exact) mass is 270 g/mol. The Labute approximate surface area is 112 Å². The lowest BCUT2D eigenvalue weighted by atomic mass is 10.2. The van der Waals surface area contributed by atoms with Crippen molar-refractivity contribution in [3.8, 4) is 5.75 Å². The Balaban J connectivity index is 2.54. The lowest BCUT2D eigenvalue weighted by Crippen LogP contribution is -2.39. The number of carbonyl (C=O) groups is 1. The average molecular weight is 270 g/mol. The van der Waals surface area contributed by atoms with Crippen LogP contribution in [0.2, 0.25) is 0 Å². The van der Waals surface area contributed by atoms with Crippen LogP contribution < -0.4 is 15.4 Å². The standard InChI is InChI=1S/C13H19FN2O3/c1-9(13(17)15-6-7-18-2)16-10-4-5-12(19-3)11(14)8-10/h4-5,8-9,16H,6-7H2,1-3H3,(H,15,17). The number of carbonyl (C=O) groups excluding carboxylic acids is 1. The zero-order chi connectivity index (χ0) is 14.3. The fourth-order valence-electron chi connectivity index (χ4n) is 1.50. The number of nitrogens with one attached hydrogen (secondary N) is 2. The molecule has 5 nitrogen and oxygen atoms in total. The van der Waals surface area contributed by atoms with E-state index in [1.165, 1.54) is 19.2 Å². The van der Waals surface area contributed by atoms with Gasteiger partial charge < -0.3 is 20.1 Å². The van der Waals surface area contributed by atoms with E-state index in [9.17, 15) is 9.18 Å². The topological polar surface area (TPSA) is 59.6 Å². The van der Waals surface area contributed by atoms with E-state index in [1.54, 1.807) is 20.1 Å². The van der Waals surface area contributed by atoms with Crippen molar-refractivity contribution in [2.75, 3.05) is 32.7 Å². The number of hydrogen-bond donors (Lipinski definition) is 2. The first-order valence-corrected chi connectivity index (χ1v) is 5.95. The van der Waals surface area contributed by atoms with E-state index < -0.39 is 11.9 Å². The van der Waals surface area contributed by atoms with Crippen LogP contribution >= 0.6 is 0 Å². The third kappa shape index (κ3) is 4.75. The average Bonchev–Trinajstić information content (AvgIpc) is 2.39. The Morgan fingerprint density at radius 2 is 2.16 bits per heavy atom. The van der Waals surface area contributed by atoms with E-state index in [4.69, 9.17) is 9.47 Å². The third-order valence-corrected chi connectivity index (χ3v) is 2.53.